The molecule has 0 fully saturated rings. The van der Waals surface area contributed by atoms with Gasteiger partial charge in [-0.05, 0) is 51.8 Å². The molecule has 2 aromatic rings. The van der Waals surface area contributed by atoms with Gasteiger partial charge < -0.3 is 14.6 Å². The molecule has 0 spiro atoms. The summed E-state index contributed by atoms with van der Waals surface area (Å²) in [6, 6.07) is 6.39. The van der Waals surface area contributed by atoms with Crippen LogP contribution in [0, 0.1) is 20.8 Å². The zero-order valence-electron chi connectivity index (χ0n) is 14.4. The van der Waals surface area contributed by atoms with Gasteiger partial charge >= 0.3 is 0 Å². The molecule has 0 unspecified atom stereocenters. The maximum Gasteiger partial charge on any atom is 0.175 e. The highest BCUT2D eigenvalue weighted by Crippen LogP contribution is 2.34. The number of hydrogen-bond donors (Lipinski definition) is 1. The first-order valence-electron chi connectivity index (χ1n) is 7.77. The molecule has 124 valence electrons. The minimum absolute atomic E-state index is 0.580. The van der Waals surface area contributed by atoms with Crippen molar-refractivity contribution in [2.45, 2.75) is 34.6 Å². The van der Waals surface area contributed by atoms with Gasteiger partial charge in [0.2, 0.25) is 0 Å². The summed E-state index contributed by atoms with van der Waals surface area (Å²) in [5, 5.41) is 4.63. The zero-order chi connectivity index (χ0) is 17.0. The third kappa shape index (κ3) is 3.88. The van der Waals surface area contributed by atoms with Gasteiger partial charge in [-0.25, -0.2) is 0 Å². The molecule has 5 nitrogen and oxygen atoms in total. The van der Waals surface area contributed by atoms with Crippen molar-refractivity contribution >= 4 is 22.8 Å². The predicted octanol–water partition coefficient (Wildman–Crippen LogP) is 4.08. The lowest BCUT2D eigenvalue weighted by Gasteiger charge is -2.23. The molecule has 0 saturated heterocycles. The normalized spacial score (nSPS) is 11.8. The first-order chi connectivity index (χ1) is 11.0. The highest BCUT2D eigenvalue weighted by molar-refractivity contribution is 8.14. The summed E-state index contributed by atoms with van der Waals surface area (Å²) < 4.78 is 7.45. The molecule has 2 N–H and O–H groups in total. The van der Waals surface area contributed by atoms with Gasteiger partial charge in [0, 0.05) is 30.6 Å². The van der Waals surface area contributed by atoms with Crippen molar-refractivity contribution in [2.75, 3.05) is 17.4 Å². The lowest BCUT2D eigenvalue weighted by atomic mass is 10.0. The first-order valence-corrected chi connectivity index (χ1v) is 8.54. The summed E-state index contributed by atoms with van der Waals surface area (Å²) in [5.41, 5.74) is 11.4. The SMILES string of the molecule is CCN=C(N)SN(CC)c1cc(-c2c(C)noc2C)ccc1C. The van der Waals surface area contributed by atoms with Gasteiger partial charge in [0.25, 0.3) is 0 Å². The molecule has 1 aromatic carbocycles. The van der Waals surface area contributed by atoms with Crippen molar-refractivity contribution in [3.8, 4) is 11.1 Å². The number of amidine groups is 1. The molecular weight excluding hydrogens is 308 g/mol. The number of nitrogens with two attached hydrogens (primary N) is 1. The van der Waals surface area contributed by atoms with E-state index >= 15 is 0 Å². The Balaban J connectivity index is 2.42. The molecule has 0 atom stereocenters. The quantitative estimate of drug-likeness (QED) is 0.508. The van der Waals surface area contributed by atoms with Crippen LogP contribution in [-0.4, -0.2) is 23.4 Å². The van der Waals surface area contributed by atoms with Gasteiger partial charge in [-0.2, -0.15) is 0 Å². The monoisotopic (exact) mass is 332 g/mol. The van der Waals surface area contributed by atoms with Crippen LogP contribution in [0.15, 0.2) is 27.7 Å². The van der Waals surface area contributed by atoms with E-state index in [-0.39, 0.29) is 0 Å². The van der Waals surface area contributed by atoms with Crippen molar-refractivity contribution in [3.05, 3.63) is 35.2 Å². The zero-order valence-corrected chi connectivity index (χ0v) is 15.2. The molecule has 1 aromatic heterocycles. The standard InChI is InChI=1S/C17H24N4OS/c1-6-19-17(18)23-21(7-2)15-10-14(9-8-11(15)3)16-12(4)20-22-13(16)5/h8-10H,6-7H2,1-5H3,(H2,18,19). The minimum atomic E-state index is 0.580. The molecule has 0 aliphatic rings. The Kier molecular flexibility index (Phi) is 5.71. The number of nitrogens with zero attached hydrogens (tertiary/aromatic N) is 3. The number of aryl methyl sites for hydroxylation is 3. The lowest BCUT2D eigenvalue weighted by molar-refractivity contribution is 0.393. The van der Waals surface area contributed by atoms with Gasteiger partial charge in [0.1, 0.15) is 5.76 Å². The van der Waals surface area contributed by atoms with Crippen LogP contribution in [0.2, 0.25) is 0 Å². The molecule has 6 heteroatoms. The van der Waals surface area contributed by atoms with E-state index in [1.165, 1.54) is 17.5 Å². The van der Waals surface area contributed by atoms with Crippen molar-refractivity contribution < 1.29 is 4.52 Å². The average Bonchev–Trinajstić information content (AvgIpc) is 2.85. The van der Waals surface area contributed by atoms with Crippen LogP contribution >= 0.6 is 11.9 Å². The summed E-state index contributed by atoms with van der Waals surface area (Å²) in [6.07, 6.45) is 0. The smallest absolute Gasteiger partial charge is 0.175 e. The van der Waals surface area contributed by atoms with Crippen LogP contribution in [0.1, 0.15) is 30.9 Å². The van der Waals surface area contributed by atoms with E-state index in [2.05, 4.69) is 46.5 Å². The highest BCUT2D eigenvalue weighted by atomic mass is 32.2. The Morgan fingerprint density at radius 3 is 2.61 bits per heavy atom. The fraction of sp³-hybridized carbons (Fsp3) is 0.412. The molecule has 0 radical (unpaired) electrons. The van der Waals surface area contributed by atoms with Gasteiger partial charge in [0.05, 0.1) is 11.4 Å². The predicted molar refractivity (Wildman–Crippen MR) is 98.9 cm³/mol. The molecule has 23 heavy (non-hydrogen) atoms. The summed E-state index contributed by atoms with van der Waals surface area (Å²) in [7, 11) is 0. The van der Waals surface area contributed by atoms with Crippen LogP contribution in [0.4, 0.5) is 5.69 Å². The van der Waals surface area contributed by atoms with Crippen molar-refractivity contribution in [2.24, 2.45) is 10.7 Å². The Labute approximate surface area is 142 Å². The Bertz CT molecular complexity index is 689. The summed E-state index contributed by atoms with van der Waals surface area (Å²) >= 11 is 1.47. The third-order valence-electron chi connectivity index (χ3n) is 3.60. The highest BCUT2D eigenvalue weighted by Gasteiger charge is 2.16. The topological polar surface area (TPSA) is 67.7 Å². The van der Waals surface area contributed by atoms with Crippen LogP contribution in [-0.2, 0) is 0 Å². The molecular formula is C17H24N4OS. The van der Waals surface area contributed by atoms with Crippen molar-refractivity contribution in [1.82, 2.24) is 5.16 Å². The fourth-order valence-corrected chi connectivity index (χ4v) is 3.35. The van der Waals surface area contributed by atoms with Gasteiger partial charge in [-0.15, -0.1) is 0 Å². The van der Waals surface area contributed by atoms with Crippen LogP contribution < -0.4 is 10.0 Å². The van der Waals surface area contributed by atoms with E-state index in [1.54, 1.807) is 0 Å². The van der Waals surface area contributed by atoms with Gasteiger partial charge in [-0.1, -0.05) is 17.3 Å². The number of anilines is 1. The largest absolute Gasteiger partial charge is 0.377 e. The third-order valence-corrected chi connectivity index (χ3v) is 4.60. The van der Waals surface area contributed by atoms with E-state index in [0.717, 1.165) is 34.8 Å². The van der Waals surface area contributed by atoms with Gasteiger partial charge in [0.15, 0.2) is 5.17 Å². The van der Waals surface area contributed by atoms with Crippen molar-refractivity contribution in [1.29, 1.82) is 0 Å². The number of rotatable bonds is 5. The van der Waals surface area contributed by atoms with Crippen LogP contribution in [0.25, 0.3) is 11.1 Å². The average molecular weight is 332 g/mol. The second-order valence-electron chi connectivity index (χ2n) is 5.30. The maximum atomic E-state index is 5.98. The molecule has 2 rings (SSSR count). The Morgan fingerprint density at radius 2 is 2.04 bits per heavy atom. The number of aromatic nitrogens is 1. The molecule has 0 aliphatic carbocycles. The molecule has 1 heterocycles. The van der Waals surface area contributed by atoms with E-state index in [9.17, 15) is 0 Å². The van der Waals surface area contributed by atoms with E-state index < -0.39 is 0 Å². The fourth-order valence-electron chi connectivity index (χ4n) is 2.51. The first kappa shape index (κ1) is 17.4. The molecule has 0 aliphatic heterocycles. The second-order valence-corrected chi connectivity index (χ2v) is 6.34. The lowest BCUT2D eigenvalue weighted by Crippen LogP contribution is -2.21. The molecule has 0 bridgehead atoms. The number of benzene rings is 1. The number of aliphatic imine (C=N–C) groups is 1. The molecule has 0 amide bonds. The minimum Gasteiger partial charge on any atom is -0.377 e. The van der Waals surface area contributed by atoms with Crippen LogP contribution in [0.5, 0.6) is 0 Å². The summed E-state index contributed by atoms with van der Waals surface area (Å²) in [4.78, 5) is 4.26. The molecule has 0 saturated carbocycles. The second kappa shape index (κ2) is 7.55. The Morgan fingerprint density at radius 1 is 1.30 bits per heavy atom. The number of hydrogen-bond acceptors (Lipinski definition) is 5. The summed E-state index contributed by atoms with van der Waals surface area (Å²) in [6.45, 7) is 11.6. The van der Waals surface area contributed by atoms with Crippen molar-refractivity contribution in [3.63, 3.8) is 0 Å². The van der Waals surface area contributed by atoms with Crippen LogP contribution in [0.3, 0.4) is 0 Å². The maximum absolute atomic E-state index is 5.98. The Hall–Kier alpha value is -1.95. The van der Waals surface area contributed by atoms with E-state index in [4.69, 9.17) is 10.3 Å². The van der Waals surface area contributed by atoms with E-state index in [1.807, 2.05) is 20.8 Å². The van der Waals surface area contributed by atoms with Gasteiger partial charge in [-0.3, -0.25) is 4.99 Å². The van der Waals surface area contributed by atoms with E-state index in [0.29, 0.717) is 11.7 Å². The summed E-state index contributed by atoms with van der Waals surface area (Å²) in [5.74, 6) is 0.833.